The van der Waals surface area contributed by atoms with Gasteiger partial charge in [0.25, 0.3) is 10.0 Å². The van der Waals surface area contributed by atoms with E-state index in [0.717, 1.165) is 9.87 Å². The minimum Gasteiger partial charge on any atom is -0.454 e. The number of fused-ring (bicyclic) bond motifs is 1. The summed E-state index contributed by atoms with van der Waals surface area (Å²) in [6.07, 6.45) is 0. The Labute approximate surface area is 185 Å². The number of aryl methyl sites for hydroxylation is 1. The van der Waals surface area contributed by atoms with Crippen molar-refractivity contribution in [2.45, 2.75) is 11.8 Å². The van der Waals surface area contributed by atoms with Crippen LogP contribution in [0.1, 0.15) is 5.56 Å². The van der Waals surface area contributed by atoms with Crippen LogP contribution in [-0.4, -0.2) is 27.7 Å². The highest BCUT2D eigenvalue weighted by Gasteiger charge is 2.28. The van der Waals surface area contributed by atoms with Gasteiger partial charge >= 0.3 is 0 Å². The van der Waals surface area contributed by atoms with Crippen molar-refractivity contribution in [2.75, 3.05) is 23.0 Å². The highest BCUT2D eigenvalue weighted by Crippen LogP contribution is 2.34. The first kappa shape index (κ1) is 21.0. The summed E-state index contributed by atoms with van der Waals surface area (Å²) < 4.78 is 38.5. The number of nitrogens with zero attached hydrogens (tertiary/aromatic N) is 1. The maximum atomic E-state index is 13.4. The second-order valence-corrected chi connectivity index (χ2v) is 9.17. The third-order valence-corrected chi connectivity index (χ3v) is 6.76. The summed E-state index contributed by atoms with van der Waals surface area (Å²) in [6.45, 7) is 1.49. The molecule has 3 aromatic rings. The van der Waals surface area contributed by atoms with E-state index < -0.39 is 22.5 Å². The molecule has 9 heteroatoms. The topological polar surface area (TPSA) is 84.9 Å². The molecule has 7 nitrogen and oxygen atoms in total. The van der Waals surface area contributed by atoms with E-state index in [9.17, 15) is 13.2 Å². The number of rotatable bonds is 6. The number of para-hydroxylation sites is 1. The molecule has 0 saturated carbocycles. The lowest BCUT2D eigenvalue weighted by Gasteiger charge is -2.25. The van der Waals surface area contributed by atoms with Crippen LogP contribution in [-0.2, 0) is 14.8 Å². The monoisotopic (exact) mass is 458 g/mol. The van der Waals surface area contributed by atoms with E-state index in [1.54, 1.807) is 49.4 Å². The number of carbonyl (C=O) groups is 1. The molecule has 0 fully saturated rings. The predicted molar refractivity (Wildman–Crippen MR) is 118 cm³/mol. The van der Waals surface area contributed by atoms with Crippen molar-refractivity contribution in [1.82, 2.24) is 0 Å². The minimum atomic E-state index is -4.02. The van der Waals surface area contributed by atoms with Gasteiger partial charge in [-0.05, 0) is 55.0 Å². The first-order chi connectivity index (χ1) is 14.8. The Balaban J connectivity index is 1.64. The molecule has 0 aliphatic carbocycles. The maximum Gasteiger partial charge on any atom is 0.264 e. The molecule has 0 saturated heterocycles. The largest absolute Gasteiger partial charge is 0.454 e. The lowest BCUT2D eigenvalue weighted by Crippen LogP contribution is -2.38. The van der Waals surface area contributed by atoms with E-state index in [0.29, 0.717) is 27.9 Å². The number of hydrogen-bond acceptors (Lipinski definition) is 5. The highest BCUT2D eigenvalue weighted by atomic mass is 35.5. The van der Waals surface area contributed by atoms with Crippen LogP contribution in [0.15, 0.2) is 71.6 Å². The molecule has 3 aromatic carbocycles. The van der Waals surface area contributed by atoms with Gasteiger partial charge in [-0.1, -0.05) is 29.8 Å². The zero-order chi connectivity index (χ0) is 22.0. The van der Waals surface area contributed by atoms with Crippen molar-refractivity contribution in [3.05, 3.63) is 77.3 Å². The van der Waals surface area contributed by atoms with Crippen molar-refractivity contribution in [3.8, 4) is 11.5 Å². The number of nitrogens with one attached hydrogen (secondary N) is 1. The molecule has 0 radical (unpaired) electrons. The first-order valence-corrected chi connectivity index (χ1v) is 11.2. The Hall–Kier alpha value is -3.23. The quantitative estimate of drug-likeness (QED) is 0.598. The average Bonchev–Trinajstić information content (AvgIpc) is 3.21. The lowest BCUT2D eigenvalue weighted by atomic mass is 10.2. The van der Waals surface area contributed by atoms with Crippen molar-refractivity contribution in [1.29, 1.82) is 0 Å². The Morgan fingerprint density at radius 2 is 1.74 bits per heavy atom. The fourth-order valence-corrected chi connectivity index (χ4v) is 4.79. The van der Waals surface area contributed by atoms with Crippen LogP contribution >= 0.6 is 11.6 Å². The van der Waals surface area contributed by atoms with Crippen molar-refractivity contribution < 1.29 is 22.7 Å². The number of sulfonamides is 1. The molecule has 1 heterocycles. The molecule has 1 N–H and O–H groups in total. The Kier molecular flexibility index (Phi) is 5.75. The maximum absolute atomic E-state index is 13.4. The summed E-state index contributed by atoms with van der Waals surface area (Å²) in [4.78, 5) is 12.9. The van der Waals surface area contributed by atoms with E-state index in [1.807, 2.05) is 0 Å². The van der Waals surface area contributed by atoms with Gasteiger partial charge in [-0.3, -0.25) is 9.10 Å². The molecule has 1 amide bonds. The van der Waals surface area contributed by atoms with E-state index >= 15 is 0 Å². The molecule has 1 aliphatic rings. The van der Waals surface area contributed by atoms with Crippen molar-refractivity contribution >= 4 is 38.9 Å². The highest BCUT2D eigenvalue weighted by molar-refractivity contribution is 7.92. The summed E-state index contributed by atoms with van der Waals surface area (Å²) in [6, 6.07) is 17.8. The van der Waals surface area contributed by atoms with Crippen molar-refractivity contribution in [3.63, 3.8) is 0 Å². The first-order valence-electron chi connectivity index (χ1n) is 9.38. The van der Waals surface area contributed by atoms with Gasteiger partial charge in [0.15, 0.2) is 11.5 Å². The molecule has 0 aromatic heterocycles. The van der Waals surface area contributed by atoms with Crippen molar-refractivity contribution in [2.24, 2.45) is 0 Å². The molecule has 160 valence electrons. The lowest BCUT2D eigenvalue weighted by molar-refractivity contribution is -0.114. The molecular weight excluding hydrogens is 440 g/mol. The van der Waals surface area contributed by atoms with Crippen LogP contribution in [0.5, 0.6) is 11.5 Å². The van der Waals surface area contributed by atoms with Crippen LogP contribution in [0.4, 0.5) is 11.4 Å². The summed E-state index contributed by atoms with van der Waals surface area (Å²) >= 11 is 5.91. The Bertz CT molecular complexity index is 1230. The zero-order valence-electron chi connectivity index (χ0n) is 16.5. The normalized spacial score (nSPS) is 12.5. The van der Waals surface area contributed by atoms with Gasteiger partial charge < -0.3 is 14.8 Å². The third-order valence-electron chi connectivity index (χ3n) is 4.73. The number of benzene rings is 3. The fraction of sp³-hybridized carbons (Fsp3) is 0.136. The van der Waals surface area contributed by atoms with Crippen LogP contribution < -0.4 is 19.1 Å². The SMILES string of the molecule is Cc1ccccc1N(CC(=O)Nc1ccc2c(c1)OCO2)S(=O)(=O)c1ccc(Cl)cc1. The van der Waals surface area contributed by atoms with Gasteiger partial charge in [0.2, 0.25) is 12.7 Å². The predicted octanol–water partition coefficient (Wildman–Crippen LogP) is 4.21. The number of halogens is 1. The van der Waals surface area contributed by atoms with Gasteiger partial charge in [0, 0.05) is 16.8 Å². The molecule has 0 unspecified atom stereocenters. The van der Waals surface area contributed by atoms with E-state index in [4.69, 9.17) is 21.1 Å². The average molecular weight is 459 g/mol. The molecular formula is C22H19ClN2O5S. The third kappa shape index (κ3) is 4.45. The van der Waals surface area contributed by atoms with E-state index in [1.165, 1.54) is 24.3 Å². The molecule has 0 bridgehead atoms. The van der Waals surface area contributed by atoms with Crippen LogP contribution in [0.2, 0.25) is 5.02 Å². The van der Waals surface area contributed by atoms with Gasteiger partial charge in [0.1, 0.15) is 6.54 Å². The summed E-state index contributed by atoms with van der Waals surface area (Å²) in [5.74, 6) is 0.604. The summed E-state index contributed by atoms with van der Waals surface area (Å²) in [5.41, 5.74) is 1.61. The number of hydrogen-bond donors (Lipinski definition) is 1. The second-order valence-electron chi connectivity index (χ2n) is 6.87. The van der Waals surface area contributed by atoms with Gasteiger partial charge in [-0.2, -0.15) is 0 Å². The van der Waals surface area contributed by atoms with Crippen LogP contribution in [0.3, 0.4) is 0 Å². The van der Waals surface area contributed by atoms with Gasteiger partial charge in [-0.25, -0.2) is 8.42 Å². The summed E-state index contributed by atoms with van der Waals surface area (Å²) in [7, 11) is -4.02. The molecule has 1 aliphatic heterocycles. The Morgan fingerprint density at radius 3 is 2.48 bits per heavy atom. The second kappa shape index (κ2) is 8.49. The fourth-order valence-electron chi connectivity index (χ4n) is 3.18. The summed E-state index contributed by atoms with van der Waals surface area (Å²) in [5, 5.41) is 3.14. The van der Waals surface area contributed by atoms with E-state index in [-0.39, 0.29) is 11.7 Å². The molecule has 31 heavy (non-hydrogen) atoms. The number of ether oxygens (including phenoxy) is 2. The van der Waals surface area contributed by atoms with E-state index in [2.05, 4.69) is 5.32 Å². The van der Waals surface area contributed by atoms with Crippen LogP contribution in [0, 0.1) is 6.92 Å². The number of amides is 1. The van der Waals surface area contributed by atoms with Crippen LogP contribution in [0.25, 0.3) is 0 Å². The Morgan fingerprint density at radius 1 is 1.03 bits per heavy atom. The smallest absolute Gasteiger partial charge is 0.264 e. The van der Waals surface area contributed by atoms with Gasteiger partial charge in [-0.15, -0.1) is 0 Å². The minimum absolute atomic E-state index is 0.0380. The number of carbonyl (C=O) groups excluding carboxylic acids is 1. The molecule has 4 rings (SSSR count). The standard InChI is InChI=1S/C22H19ClN2O5S/c1-15-4-2-3-5-19(15)25(31(27,28)18-9-6-16(23)7-10-18)13-22(26)24-17-8-11-20-21(12-17)30-14-29-20/h2-12H,13-14H2,1H3,(H,24,26). The van der Waals surface area contributed by atoms with Gasteiger partial charge in [0.05, 0.1) is 10.6 Å². The number of anilines is 2. The molecule has 0 spiro atoms. The zero-order valence-corrected chi connectivity index (χ0v) is 18.1. The molecule has 0 atom stereocenters.